The Balaban J connectivity index is 1.94. The van der Waals surface area contributed by atoms with Crippen molar-refractivity contribution in [1.82, 2.24) is 0 Å². The average molecular weight is 136 g/mol. The highest BCUT2D eigenvalue weighted by atomic mass is 14.5. The van der Waals surface area contributed by atoms with E-state index in [-0.39, 0.29) is 0 Å². The molecule has 0 heterocycles. The second-order valence-electron chi connectivity index (χ2n) is 4.11. The lowest BCUT2D eigenvalue weighted by Gasteiger charge is -2.20. The molecule has 10 heavy (non-hydrogen) atoms. The Bertz CT molecular complexity index is 157. The summed E-state index contributed by atoms with van der Waals surface area (Å²) in [6, 6.07) is 0. The summed E-state index contributed by atoms with van der Waals surface area (Å²) in [4.78, 5) is 0. The summed E-state index contributed by atoms with van der Waals surface area (Å²) in [6.45, 7) is 6.22. The standard InChI is InChI=1S/C10H16/c1-7(2)8-3-4-9-6-10(9)5-8/h8-10H,1,3-6H2,2H3. The van der Waals surface area contributed by atoms with Crippen LogP contribution in [0.3, 0.4) is 0 Å². The molecule has 2 aliphatic carbocycles. The summed E-state index contributed by atoms with van der Waals surface area (Å²) >= 11 is 0. The summed E-state index contributed by atoms with van der Waals surface area (Å²) in [5.74, 6) is 3.12. The lowest BCUT2D eigenvalue weighted by atomic mass is 9.85. The maximum Gasteiger partial charge on any atom is -0.0206 e. The zero-order valence-corrected chi connectivity index (χ0v) is 6.77. The predicted octanol–water partition coefficient (Wildman–Crippen LogP) is 3.00. The molecule has 3 atom stereocenters. The highest BCUT2D eigenvalue weighted by Gasteiger charge is 2.41. The number of allylic oxidation sites excluding steroid dienone is 1. The highest BCUT2D eigenvalue weighted by molar-refractivity contribution is 5.03. The van der Waals surface area contributed by atoms with Crippen molar-refractivity contribution in [2.75, 3.05) is 0 Å². The Labute approximate surface area is 63.3 Å². The SMILES string of the molecule is C=C(C)C1CCC2CC2C1. The number of fused-ring (bicyclic) bond motifs is 1. The third-order valence-electron chi connectivity index (χ3n) is 3.24. The van der Waals surface area contributed by atoms with E-state index in [1.54, 1.807) is 0 Å². The normalized spacial score (nSPS) is 44.3. The van der Waals surface area contributed by atoms with Crippen molar-refractivity contribution in [3.05, 3.63) is 12.2 Å². The maximum absolute atomic E-state index is 4.03. The van der Waals surface area contributed by atoms with Crippen LogP contribution in [0.15, 0.2) is 12.2 Å². The second-order valence-corrected chi connectivity index (χ2v) is 4.11. The lowest BCUT2D eigenvalue weighted by molar-refractivity contribution is 0.386. The fraction of sp³-hybridized carbons (Fsp3) is 0.800. The summed E-state index contributed by atoms with van der Waals surface area (Å²) < 4.78 is 0. The zero-order chi connectivity index (χ0) is 7.14. The van der Waals surface area contributed by atoms with E-state index >= 15 is 0 Å². The first-order chi connectivity index (χ1) is 4.77. The topological polar surface area (TPSA) is 0 Å². The van der Waals surface area contributed by atoms with E-state index in [0.29, 0.717) is 0 Å². The predicted molar refractivity (Wildman–Crippen MR) is 43.8 cm³/mol. The number of rotatable bonds is 1. The minimum atomic E-state index is 0.878. The van der Waals surface area contributed by atoms with E-state index in [1.807, 2.05) is 0 Å². The fourth-order valence-corrected chi connectivity index (χ4v) is 2.30. The molecule has 0 aliphatic heterocycles. The monoisotopic (exact) mass is 136 g/mol. The Kier molecular flexibility index (Phi) is 1.36. The number of hydrogen-bond donors (Lipinski definition) is 0. The molecule has 0 aromatic heterocycles. The van der Waals surface area contributed by atoms with Crippen LogP contribution < -0.4 is 0 Å². The molecule has 56 valence electrons. The molecular weight excluding hydrogens is 120 g/mol. The molecule has 0 N–H and O–H groups in total. The third kappa shape index (κ3) is 1.00. The van der Waals surface area contributed by atoms with Crippen LogP contribution in [-0.2, 0) is 0 Å². The Morgan fingerprint density at radius 2 is 2.00 bits per heavy atom. The molecule has 0 heteroatoms. The van der Waals surface area contributed by atoms with E-state index in [2.05, 4.69) is 13.5 Å². The fourth-order valence-electron chi connectivity index (χ4n) is 2.30. The molecule has 0 amide bonds. The third-order valence-corrected chi connectivity index (χ3v) is 3.24. The van der Waals surface area contributed by atoms with Gasteiger partial charge in [-0.15, -0.1) is 0 Å². The first-order valence-electron chi connectivity index (χ1n) is 4.43. The van der Waals surface area contributed by atoms with Gasteiger partial charge in [-0.1, -0.05) is 12.2 Å². The van der Waals surface area contributed by atoms with Gasteiger partial charge in [0.1, 0.15) is 0 Å². The maximum atomic E-state index is 4.03. The molecule has 0 saturated heterocycles. The minimum absolute atomic E-state index is 0.878. The zero-order valence-electron chi connectivity index (χ0n) is 6.77. The molecule has 0 bridgehead atoms. The van der Waals surface area contributed by atoms with E-state index in [9.17, 15) is 0 Å². The van der Waals surface area contributed by atoms with Gasteiger partial charge >= 0.3 is 0 Å². The van der Waals surface area contributed by atoms with Crippen LogP contribution in [-0.4, -0.2) is 0 Å². The smallest absolute Gasteiger partial charge is 0.0206 e. The van der Waals surface area contributed by atoms with Crippen molar-refractivity contribution >= 4 is 0 Å². The largest absolute Gasteiger partial charge is 0.0999 e. The van der Waals surface area contributed by atoms with Crippen molar-refractivity contribution in [3.63, 3.8) is 0 Å². The lowest BCUT2D eigenvalue weighted by Crippen LogP contribution is -2.08. The van der Waals surface area contributed by atoms with Gasteiger partial charge in [0.05, 0.1) is 0 Å². The van der Waals surface area contributed by atoms with Crippen LogP contribution in [0, 0.1) is 17.8 Å². The van der Waals surface area contributed by atoms with Crippen molar-refractivity contribution in [2.45, 2.75) is 32.6 Å². The Morgan fingerprint density at radius 3 is 2.60 bits per heavy atom. The van der Waals surface area contributed by atoms with Crippen molar-refractivity contribution in [2.24, 2.45) is 17.8 Å². The first kappa shape index (κ1) is 6.45. The van der Waals surface area contributed by atoms with Crippen LogP contribution in [0.1, 0.15) is 32.6 Å². The van der Waals surface area contributed by atoms with Gasteiger partial charge in [-0.25, -0.2) is 0 Å². The molecule has 0 nitrogen and oxygen atoms in total. The molecular formula is C10H16. The van der Waals surface area contributed by atoms with Crippen LogP contribution in [0.5, 0.6) is 0 Å². The molecule has 2 fully saturated rings. The molecule has 2 rings (SSSR count). The Morgan fingerprint density at radius 1 is 1.20 bits per heavy atom. The van der Waals surface area contributed by atoms with Gasteiger partial charge in [-0.05, 0) is 50.4 Å². The van der Waals surface area contributed by atoms with Crippen LogP contribution >= 0.6 is 0 Å². The summed E-state index contributed by atoms with van der Waals surface area (Å²) in [5, 5.41) is 0. The van der Waals surface area contributed by atoms with Gasteiger partial charge in [0.2, 0.25) is 0 Å². The molecule has 0 radical (unpaired) electrons. The van der Waals surface area contributed by atoms with Gasteiger partial charge < -0.3 is 0 Å². The van der Waals surface area contributed by atoms with Gasteiger partial charge in [-0.2, -0.15) is 0 Å². The summed E-state index contributed by atoms with van der Waals surface area (Å²) in [6.07, 6.45) is 5.91. The van der Waals surface area contributed by atoms with E-state index in [0.717, 1.165) is 17.8 Å². The van der Waals surface area contributed by atoms with Gasteiger partial charge in [0.25, 0.3) is 0 Å². The summed E-state index contributed by atoms with van der Waals surface area (Å²) in [5.41, 5.74) is 1.42. The summed E-state index contributed by atoms with van der Waals surface area (Å²) in [7, 11) is 0. The first-order valence-corrected chi connectivity index (χ1v) is 4.43. The molecule has 0 aromatic carbocycles. The van der Waals surface area contributed by atoms with E-state index in [1.165, 1.54) is 31.3 Å². The minimum Gasteiger partial charge on any atom is -0.0999 e. The molecule has 3 unspecified atom stereocenters. The van der Waals surface area contributed by atoms with Crippen LogP contribution in [0.25, 0.3) is 0 Å². The number of hydrogen-bond acceptors (Lipinski definition) is 0. The molecule has 2 aliphatic rings. The van der Waals surface area contributed by atoms with Crippen molar-refractivity contribution in [1.29, 1.82) is 0 Å². The Hall–Kier alpha value is -0.260. The van der Waals surface area contributed by atoms with E-state index < -0.39 is 0 Å². The second kappa shape index (κ2) is 2.11. The molecule has 0 aromatic rings. The molecule has 0 spiro atoms. The molecule has 2 saturated carbocycles. The van der Waals surface area contributed by atoms with Crippen LogP contribution in [0.4, 0.5) is 0 Å². The van der Waals surface area contributed by atoms with Gasteiger partial charge in [0, 0.05) is 0 Å². The van der Waals surface area contributed by atoms with Crippen LogP contribution in [0.2, 0.25) is 0 Å². The van der Waals surface area contributed by atoms with E-state index in [4.69, 9.17) is 0 Å². The van der Waals surface area contributed by atoms with Crippen molar-refractivity contribution in [3.8, 4) is 0 Å². The van der Waals surface area contributed by atoms with Gasteiger partial charge in [-0.3, -0.25) is 0 Å². The highest BCUT2D eigenvalue weighted by Crippen LogP contribution is 2.52. The van der Waals surface area contributed by atoms with Gasteiger partial charge in [0.15, 0.2) is 0 Å². The van der Waals surface area contributed by atoms with Crippen molar-refractivity contribution < 1.29 is 0 Å². The average Bonchev–Trinajstić information content (AvgIpc) is 2.63. The quantitative estimate of drug-likeness (QED) is 0.486.